The average molecular weight is 871 g/mol. The molecule has 1 aliphatic carbocycles. The van der Waals surface area contributed by atoms with Gasteiger partial charge in [0.25, 0.3) is 0 Å². The Hall–Kier alpha value is -6.11. The second-order valence-corrected chi connectivity index (χ2v) is 26.2. The van der Waals surface area contributed by atoms with Crippen LogP contribution in [-0.4, -0.2) is 17.6 Å². The number of aryl methyl sites for hydroxylation is 3. The summed E-state index contributed by atoms with van der Waals surface area (Å²) >= 11 is 0. The molecule has 0 amide bonds. The van der Waals surface area contributed by atoms with Gasteiger partial charge in [-0.05, 0) is 111 Å². The van der Waals surface area contributed by atoms with Gasteiger partial charge >= 0.3 is 5.65 Å². The Kier molecular flexibility index (Phi) is 9.75. The summed E-state index contributed by atoms with van der Waals surface area (Å²) in [5, 5.41) is 3.92. The molecule has 4 aromatic heterocycles. The predicted octanol–water partition coefficient (Wildman–Crippen LogP) is 13.4. The Balaban J connectivity index is 1.20. The number of rotatable bonds is 6. The molecule has 0 bridgehead atoms. The molecule has 8 aromatic rings. The van der Waals surface area contributed by atoms with E-state index in [0.717, 1.165) is 76.2 Å². The van der Waals surface area contributed by atoms with Crippen molar-refractivity contribution in [2.45, 2.75) is 105 Å². The second-order valence-electron chi connectivity index (χ2n) is 21.2. The SMILES string of the molecule is C=C1CC2C(CCc3cc(C)c4c(oc5ccccc54)c3-c3n1c1ccc(C)nc1[n+]3CC1(C)C=C(c3ccccc3)C=C1C)c1ccccc1-c1cc(CC(C)C)c([Si](C)(C)C)c[n+]12. The van der Waals surface area contributed by atoms with Crippen LogP contribution in [0.15, 0.2) is 138 Å². The number of aromatic nitrogens is 4. The van der Waals surface area contributed by atoms with E-state index in [0.29, 0.717) is 12.5 Å². The maximum absolute atomic E-state index is 7.15. The number of fused-ring (bicyclic) bond motifs is 15. The maximum Gasteiger partial charge on any atom is 0.302 e. The van der Waals surface area contributed by atoms with Crippen LogP contribution in [0.1, 0.15) is 86.0 Å². The number of imidazole rings is 1. The molecule has 326 valence electrons. The molecule has 0 saturated heterocycles. The van der Waals surface area contributed by atoms with Gasteiger partial charge in [0.05, 0.1) is 32.3 Å². The summed E-state index contributed by atoms with van der Waals surface area (Å²) in [6.45, 7) is 27.2. The third kappa shape index (κ3) is 6.73. The van der Waals surface area contributed by atoms with Crippen LogP contribution >= 0.6 is 0 Å². The zero-order chi connectivity index (χ0) is 45.1. The Bertz CT molecular complexity index is 3340. The van der Waals surface area contributed by atoms with E-state index in [9.17, 15) is 0 Å². The van der Waals surface area contributed by atoms with Crippen LogP contribution in [0.3, 0.4) is 0 Å². The molecule has 0 N–H and O–H groups in total. The Morgan fingerprint density at radius 3 is 2.46 bits per heavy atom. The van der Waals surface area contributed by atoms with Gasteiger partial charge in [-0.15, -0.1) is 4.98 Å². The first-order valence-electron chi connectivity index (χ1n) is 23.9. The highest BCUT2D eigenvalue weighted by molar-refractivity contribution is 6.89. The van der Waals surface area contributed by atoms with Gasteiger partial charge in [-0.3, -0.25) is 0 Å². The van der Waals surface area contributed by atoms with Gasteiger partial charge in [-0.1, -0.05) is 131 Å². The fourth-order valence-electron chi connectivity index (χ4n) is 11.8. The minimum atomic E-state index is -1.74. The van der Waals surface area contributed by atoms with Crippen LogP contribution in [0.4, 0.5) is 0 Å². The van der Waals surface area contributed by atoms with Crippen molar-refractivity contribution in [3.63, 3.8) is 0 Å². The van der Waals surface area contributed by atoms with E-state index in [1.54, 1.807) is 5.19 Å². The van der Waals surface area contributed by atoms with Crippen molar-refractivity contribution in [3.8, 4) is 22.6 Å². The van der Waals surface area contributed by atoms with Crippen molar-refractivity contribution in [2.24, 2.45) is 11.3 Å². The molecule has 0 spiro atoms. The van der Waals surface area contributed by atoms with Crippen molar-refractivity contribution in [2.75, 3.05) is 0 Å². The second kappa shape index (κ2) is 15.2. The molecule has 11 rings (SSSR count). The maximum atomic E-state index is 7.15. The number of hydrogen-bond donors (Lipinski definition) is 0. The first kappa shape index (κ1) is 41.6. The van der Waals surface area contributed by atoms with Gasteiger partial charge in [0.15, 0.2) is 17.8 Å². The largest absolute Gasteiger partial charge is 0.455 e. The Labute approximate surface area is 385 Å². The van der Waals surface area contributed by atoms with Crippen molar-refractivity contribution >= 4 is 57.6 Å². The van der Waals surface area contributed by atoms with Crippen LogP contribution in [0, 0.1) is 25.2 Å². The Morgan fingerprint density at radius 1 is 0.923 bits per heavy atom. The molecule has 65 heavy (non-hydrogen) atoms. The van der Waals surface area contributed by atoms with E-state index in [1.807, 2.05) is 0 Å². The van der Waals surface area contributed by atoms with E-state index < -0.39 is 8.07 Å². The molecule has 0 fully saturated rings. The lowest BCUT2D eigenvalue weighted by atomic mass is 9.77. The molecule has 3 aliphatic rings. The topological polar surface area (TPSA) is 38.7 Å². The number of furan rings is 1. The highest BCUT2D eigenvalue weighted by Crippen LogP contribution is 2.49. The molecule has 4 aromatic carbocycles. The van der Waals surface area contributed by atoms with Crippen molar-refractivity contribution < 1.29 is 13.6 Å². The molecule has 3 atom stereocenters. The van der Waals surface area contributed by atoms with Gasteiger partial charge in [-0.25, -0.2) is 9.13 Å². The van der Waals surface area contributed by atoms with Crippen LogP contribution in [0.25, 0.3) is 67.0 Å². The van der Waals surface area contributed by atoms with Gasteiger partial charge in [0, 0.05) is 38.9 Å². The first-order chi connectivity index (χ1) is 31.2. The lowest BCUT2D eigenvalue weighted by Gasteiger charge is -2.33. The lowest BCUT2D eigenvalue weighted by molar-refractivity contribution is -0.716. The smallest absolute Gasteiger partial charge is 0.302 e. The summed E-state index contributed by atoms with van der Waals surface area (Å²) in [6.07, 6.45) is 11.2. The zero-order valence-corrected chi connectivity index (χ0v) is 40.7. The first-order valence-corrected chi connectivity index (χ1v) is 27.4. The summed E-state index contributed by atoms with van der Waals surface area (Å²) in [4.78, 5) is 5.46. The van der Waals surface area contributed by atoms with Gasteiger partial charge < -0.3 is 4.42 Å². The summed E-state index contributed by atoms with van der Waals surface area (Å²) in [6, 6.07) is 38.4. The average Bonchev–Trinajstić information content (AvgIpc) is 3.91. The number of benzene rings is 4. The molecule has 0 saturated carbocycles. The monoisotopic (exact) mass is 870 g/mol. The fourth-order valence-corrected chi connectivity index (χ4v) is 13.5. The third-order valence-electron chi connectivity index (χ3n) is 15.0. The van der Waals surface area contributed by atoms with E-state index in [2.05, 4.69) is 196 Å². The molecule has 5 nitrogen and oxygen atoms in total. The minimum Gasteiger partial charge on any atom is -0.455 e. The summed E-state index contributed by atoms with van der Waals surface area (Å²) in [5.74, 6) is 1.95. The third-order valence-corrected chi connectivity index (χ3v) is 17.1. The molecule has 2 aliphatic heterocycles. The molecule has 6 heterocycles. The van der Waals surface area contributed by atoms with Crippen LogP contribution in [0.2, 0.25) is 19.6 Å². The molecular weight excluding hydrogens is 809 g/mol. The minimum absolute atomic E-state index is 0.166. The predicted molar refractivity (Wildman–Crippen MR) is 272 cm³/mol. The fraction of sp³-hybridized carbons (Fsp3) is 0.305. The number of pyridine rings is 2. The highest BCUT2D eigenvalue weighted by Gasteiger charge is 2.45. The van der Waals surface area contributed by atoms with Gasteiger partial charge in [-0.2, -0.15) is 4.57 Å². The van der Waals surface area contributed by atoms with Crippen LogP contribution < -0.4 is 14.3 Å². The van der Waals surface area contributed by atoms with Crippen LogP contribution in [-0.2, 0) is 19.4 Å². The normalized spacial score (nSPS) is 19.5. The van der Waals surface area contributed by atoms with Gasteiger partial charge in [0.2, 0.25) is 11.5 Å². The zero-order valence-electron chi connectivity index (χ0n) is 39.7. The summed E-state index contributed by atoms with van der Waals surface area (Å²) in [7, 11) is -1.74. The van der Waals surface area contributed by atoms with Crippen molar-refractivity contribution in [1.82, 2.24) is 9.55 Å². The molecule has 0 radical (unpaired) electrons. The summed E-state index contributed by atoms with van der Waals surface area (Å²) in [5.41, 5.74) is 19.0. The quantitative estimate of drug-likeness (QED) is 0.123. The molecule has 3 unspecified atom stereocenters. The number of para-hydroxylation sites is 1. The van der Waals surface area contributed by atoms with E-state index in [-0.39, 0.29) is 17.4 Å². The van der Waals surface area contributed by atoms with Gasteiger partial charge in [0.1, 0.15) is 16.9 Å². The molecular formula is C59H62N4OSi+2. The van der Waals surface area contributed by atoms with E-state index in [4.69, 9.17) is 16.0 Å². The highest BCUT2D eigenvalue weighted by atomic mass is 28.3. The van der Waals surface area contributed by atoms with E-state index in [1.165, 1.54) is 55.6 Å². The summed E-state index contributed by atoms with van der Waals surface area (Å²) < 4.78 is 14.9. The number of allylic oxidation sites excluding steroid dienone is 5. The van der Waals surface area contributed by atoms with E-state index >= 15 is 0 Å². The lowest BCUT2D eigenvalue weighted by Crippen LogP contribution is -2.54. The standard InChI is InChI=1S/C59H62N4OSi/c1-36(2)28-43-32-51-46-21-15-14-20-45(46)47-26-25-42-29-37(3)54-48-22-16-17-23-52(48)64-56(54)55(42)58-62(35-59(7)33-44(30-38(59)4)41-18-12-11-13-19-41)57-49(27-24-39(5)60-57)63(58)40(6)31-50(47)61(51)34-53(43)65(8,9)10/h11-24,27,29-30,32-34,36,47,50H,6,25-26,28,31,35H2,1-5,7-10H3/q+2. The Morgan fingerprint density at radius 2 is 1.68 bits per heavy atom. The van der Waals surface area contributed by atoms with Crippen LogP contribution in [0.5, 0.6) is 0 Å². The number of nitrogens with zero attached hydrogens (tertiary/aromatic N) is 4. The van der Waals surface area contributed by atoms with Crippen molar-refractivity contribution in [3.05, 3.63) is 167 Å². The van der Waals surface area contributed by atoms with Crippen molar-refractivity contribution in [1.29, 1.82) is 0 Å². The molecule has 6 heteroatoms. The number of hydrogen-bond acceptors (Lipinski definition) is 2.